The van der Waals surface area contributed by atoms with Crippen molar-refractivity contribution in [3.8, 4) is 0 Å². The number of para-hydroxylation sites is 2. The first-order valence-corrected chi connectivity index (χ1v) is 16.5. The van der Waals surface area contributed by atoms with Gasteiger partial charge in [0.1, 0.15) is 36.5 Å². The van der Waals surface area contributed by atoms with Crippen LogP contribution in [-0.2, 0) is 36.4 Å². The van der Waals surface area contributed by atoms with Gasteiger partial charge < -0.3 is 31.1 Å². The lowest BCUT2D eigenvalue weighted by atomic mass is 9.54. The third-order valence-electron chi connectivity index (χ3n) is 11.6. The number of anilines is 2. The lowest BCUT2D eigenvalue weighted by Crippen LogP contribution is -2.66. The van der Waals surface area contributed by atoms with Gasteiger partial charge in [-0.15, -0.1) is 0 Å². The van der Waals surface area contributed by atoms with Crippen LogP contribution in [0, 0.1) is 0 Å². The van der Waals surface area contributed by atoms with Gasteiger partial charge in [-0.05, 0) is 55.0 Å². The first-order valence-electron chi connectivity index (χ1n) is 16.5. The van der Waals surface area contributed by atoms with Crippen LogP contribution in [0.2, 0.25) is 0 Å². The average Bonchev–Trinajstić information content (AvgIpc) is 3.79. The van der Waals surface area contributed by atoms with Gasteiger partial charge in [0.15, 0.2) is 0 Å². The summed E-state index contributed by atoms with van der Waals surface area (Å²) in [5.41, 5.74) is 3.09. The van der Waals surface area contributed by atoms with Crippen LogP contribution in [0.3, 0.4) is 0 Å². The van der Waals surface area contributed by atoms with Gasteiger partial charge in [0.25, 0.3) is 0 Å². The Bertz CT molecular complexity index is 1880. The van der Waals surface area contributed by atoms with Gasteiger partial charge in [-0.25, -0.2) is 0 Å². The summed E-state index contributed by atoms with van der Waals surface area (Å²) < 4.78 is 0. The van der Waals surface area contributed by atoms with Crippen molar-refractivity contribution in [2.75, 3.05) is 10.6 Å². The molecular weight excluding hydrogens is 592 g/mol. The van der Waals surface area contributed by atoms with Crippen molar-refractivity contribution in [2.24, 2.45) is 0 Å². The largest absolute Gasteiger partial charge is 0.364 e. The Hall–Kier alpha value is -5.12. The average molecular weight is 629 g/mol. The van der Waals surface area contributed by atoms with Gasteiger partial charge in [0, 0.05) is 17.8 Å². The highest BCUT2D eigenvalue weighted by Gasteiger charge is 2.78. The van der Waals surface area contributed by atoms with Crippen LogP contribution in [-0.4, -0.2) is 69.9 Å². The zero-order valence-corrected chi connectivity index (χ0v) is 26.0. The summed E-state index contributed by atoms with van der Waals surface area (Å²) in [4.78, 5) is 60.4. The zero-order valence-electron chi connectivity index (χ0n) is 26.0. The Balaban J connectivity index is 1.22. The molecule has 4 saturated heterocycles. The fraction of sp³-hybridized carbons (Fsp3) is 0.351. The number of allylic oxidation sites excluding steroid dienone is 1. The van der Waals surface area contributed by atoms with Crippen molar-refractivity contribution in [1.82, 2.24) is 20.4 Å². The van der Waals surface area contributed by atoms with Gasteiger partial charge in [-0.1, -0.05) is 78.9 Å². The molecule has 10 nitrogen and oxygen atoms in total. The number of carbonyl (C=O) groups is 4. The van der Waals surface area contributed by atoms with Crippen LogP contribution in [0.5, 0.6) is 0 Å². The summed E-state index contributed by atoms with van der Waals surface area (Å²) in [7, 11) is 0. The minimum absolute atomic E-state index is 0.125. The maximum Gasteiger partial charge on any atom is 0.247 e. The van der Waals surface area contributed by atoms with E-state index < -0.39 is 47.3 Å². The van der Waals surface area contributed by atoms with E-state index in [1.165, 1.54) is 0 Å². The third kappa shape index (κ3) is 3.55. The molecule has 0 aliphatic carbocycles. The molecule has 3 aromatic carbocycles. The second-order valence-electron chi connectivity index (χ2n) is 13.7. The maximum absolute atomic E-state index is 14.6. The molecule has 0 spiro atoms. The molecule has 238 valence electrons. The smallest absolute Gasteiger partial charge is 0.247 e. The number of nitrogens with one attached hydrogen (secondary N) is 4. The summed E-state index contributed by atoms with van der Waals surface area (Å²) in [6.45, 7) is 1.90. The molecule has 0 radical (unpaired) electrons. The molecule has 0 aromatic heterocycles. The number of nitrogens with zero attached hydrogens (tertiary/aromatic N) is 2. The molecule has 3 aromatic rings. The first-order chi connectivity index (χ1) is 22.9. The number of piperazine rings is 2. The van der Waals surface area contributed by atoms with Crippen LogP contribution in [0.25, 0.3) is 0 Å². The van der Waals surface area contributed by atoms with Crippen LogP contribution in [0.15, 0.2) is 91.0 Å². The molecule has 0 bridgehead atoms. The van der Waals surface area contributed by atoms with E-state index in [0.717, 1.165) is 28.1 Å². The molecule has 8 atom stereocenters. The van der Waals surface area contributed by atoms with Gasteiger partial charge in [-0.2, -0.15) is 0 Å². The molecule has 0 saturated carbocycles. The van der Waals surface area contributed by atoms with Crippen molar-refractivity contribution in [1.29, 1.82) is 0 Å². The normalized spacial score (nSPS) is 34.5. The number of amides is 4. The molecule has 10 heteroatoms. The van der Waals surface area contributed by atoms with Crippen molar-refractivity contribution in [3.63, 3.8) is 0 Å². The molecule has 4 amide bonds. The molecule has 6 aliphatic heterocycles. The summed E-state index contributed by atoms with van der Waals surface area (Å²) in [6, 6.07) is 23.1. The Morgan fingerprint density at radius 1 is 0.660 bits per heavy atom. The van der Waals surface area contributed by atoms with Crippen LogP contribution in [0.1, 0.15) is 42.9 Å². The van der Waals surface area contributed by atoms with E-state index >= 15 is 0 Å². The minimum Gasteiger partial charge on any atom is -0.364 e. The Morgan fingerprint density at radius 3 is 1.70 bits per heavy atom. The van der Waals surface area contributed by atoms with E-state index in [0.29, 0.717) is 25.7 Å². The fourth-order valence-electron chi connectivity index (χ4n) is 9.83. The number of carbonyl (C=O) groups excluding carboxylic acids is 4. The standard InChI is InChI=1S/C37H36N6O4/c1-2-3-15-26-32(46)42-28(30(44)38-26)19-36(22-13-7-9-16-24(22)40-34(36)42)37-20-29-31(45)39-27(18-21-11-5-4-6-12-21)33(47)43(29)35(37)41-25-17-10-8-14-23(25)37/h2-14,16-17,26-29,34-35,40-41H,15,18-20H2,1H3,(H,38,44)(H,39,45)/b3-2+/t26-,27-,28-,29-,34+,35+,36-,37-/m0/s1. The van der Waals surface area contributed by atoms with Crippen molar-refractivity contribution >= 4 is 35.0 Å². The molecule has 4 N–H and O–H groups in total. The predicted molar refractivity (Wildman–Crippen MR) is 175 cm³/mol. The molecule has 6 aliphatic rings. The number of hydrogen-bond donors (Lipinski definition) is 4. The number of benzene rings is 3. The second kappa shape index (κ2) is 9.94. The van der Waals surface area contributed by atoms with Crippen LogP contribution in [0.4, 0.5) is 11.4 Å². The van der Waals surface area contributed by atoms with Gasteiger partial charge in [-0.3, -0.25) is 19.2 Å². The summed E-state index contributed by atoms with van der Waals surface area (Å²) in [6.07, 6.45) is 4.15. The van der Waals surface area contributed by atoms with Crippen LogP contribution < -0.4 is 21.3 Å². The maximum atomic E-state index is 14.6. The SMILES string of the molecule is C/C=C/C[C@@H]1NC(=O)[C@@H]2C[C@]3([C@]45C[C@H]6C(=O)N[C@@H](Cc7ccccc7)C(=O)N6[C@H]4Nc4ccccc45)c4ccccc4N[C@@H]3N2C1=O. The first kappa shape index (κ1) is 28.1. The third-order valence-corrected chi connectivity index (χ3v) is 11.6. The zero-order chi connectivity index (χ0) is 32.1. The number of hydrogen-bond acceptors (Lipinski definition) is 6. The van der Waals surface area contributed by atoms with Gasteiger partial charge in [0.2, 0.25) is 23.6 Å². The Kier molecular flexibility index (Phi) is 5.95. The molecular formula is C37H36N6O4. The molecule has 9 rings (SSSR count). The molecule has 0 unspecified atom stereocenters. The lowest BCUT2D eigenvalue weighted by Gasteiger charge is -2.48. The lowest BCUT2D eigenvalue weighted by molar-refractivity contribution is -0.149. The summed E-state index contributed by atoms with van der Waals surface area (Å²) in [5.74, 6) is -0.609. The van der Waals surface area contributed by atoms with E-state index in [-0.39, 0.29) is 23.6 Å². The van der Waals surface area contributed by atoms with Gasteiger partial charge in [0.05, 0.1) is 10.8 Å². The topological polar surface area (TPSA) is 123 Å². The summed E-state index contributed by atoms with van der Waals surface area (Å²) in [5, 5.41) is 13.5. The second-order valence-corrected chi connectivity index (χ2v) is 13.7. The quantitative estimate of drug-likeness (QED) is 0.323. The minimum atomic E-state index is -0.843. The van der Waals surface area contributed by atoms with Crippen molar-refractivity contribution < 1.29 is 19.2 Å². The highest BCUT2D eigenvalue weighted by Crippen LogP contribution is 2.68. The summed E-state index contributed by atoms with van der Waals surface area (Å²) >= 11 is 0. The number of rotatable bonds is 5. The van der Waals surface area contributed by atoms with E-state index in [4.69, 9.17) is 0 Å². The number of fused-ring (bicyclic) bond motifs is 11. The highest BCUT2D eigenvalue weighted by atomic mass is 16.2. The van der Waals surface area contributed by atoms with E-state index in [1.54, 1.807) is 9.80 Å². The Labute approximate surface area is 272 Å². The van der Waals surface area contributed by atoms with E-state index in [2.05, 4.69) is 33.4 Å². The fourth-order valence-corrected chi connectivity index (χ4v) is 9.83. The predicted octanol–water partition coefficient (Wildman–Crippen LogP) is 2.77. The van der Waals surface area contributed by atoms with E-state index in [1.807, 2.05) is 85.8 Å². The van der Waals surface area contributed by atoms with Crippen molar-refractivity contribution in [3.05, 3.63) is 108 Å². The molecule has 6 heterocycles. The molecule has 47 heavy (non-hydrogen) atoms. The Morgan fingerprint density at radius 2 is 1.15 bits per heavy atom. The van der Waals surface area contributed by atoms with Crippen molar-refractivity contribution in [2.45, 2.75) is 79.9 Å². The van der Waals surface area contributed by atoms with Gasteiger partial charge >= 0.3 is 0 Å². The highest BCUT2D eigenvalue weighted by molar-refractivity contribution is 6.01. The molecule has 4 fully saturated rings. The monoisotopic (exact) mass is 628 g/mol. The van der Waals surface area contributed by atoms with Crippen LogP contribution >= 0.6 is 0 Å². The van der Waals surface area contributed by atoms with E-state index in [9.17, 15) is 19.2 Å².